The second-order valence-corrected chi connectivity index (χ2v) is 14.4. The van der Waals surface area contributed by atoms with Crippen molar-refractivity contribution in [2.45, 2.75) is 84.4 Å². The van der Waals surface area contributed by atoms with Crippen LogP contribution in [-0.2, 0) is 36.7 Å². The van der Waals surface area contributed by atoms with Crippen LogP contribution >= 0.6 is 11.6 Å². The summed E-state index contributed by atoms with van der Waals surface area (Å²) in [6, 6.07) is 13.4. The van der Waals surface area contributed by atoms with Gasteiger partial charge in [0.2, 0.25) is 11.8 Å². The standard InChI is InChI=1S/C36H46ClN5O7/c1-8-48-30(44)25-15-14-24(26(37)20-25)16-17-27(38-31(45)35(5,6)39-33(47)49-34(2,3)4)29(43)42-19-18-28-36(22-42,32(46)41(7)40-28)21-23-12-10-9-11-13-23/h9-15,20,27H,8,16-19,21-22H2,1-7H3,(H,38,45)(H,39,47). The van der Waals surface area contributed by atoms with Crippen molar-refractivity contribution in [2.24, 2.45) is 10.5 Å². The number of hydrogen-bond donors (Lipinski definition) is 2. The number of nitrogens with zero attached hydrogens (tertiary/aromatic N) is 3. The molecule has 12 nitrogen and oxygen atoms in total. The van der Waals surface area contributed by atoms with Crippen LogP contribution in [0.2, 0.25) is 5.02 Å². The number of hydrazone groups is 1. The number of carbonyl (C=O) groups excluding carboxylic acids is 5. The molecule has 2 N–H and O–H groups in total. The van der Waals surface area contributed by atoms with Crippen LogP contribution in [-0.4, -0.2) is 89.3 Å². The smallest absolute Gasteiger partial charge is 0.408 e. The Kier molecular flexibility index (Phi) is 11.4. The Labute approximate surface area is 292 Å². The second-order valence-electron chi connectivity index (χ2n) is 14.0. The van der Waals surface area contributed by atoms with Gasteiger partial charge in [0.25, 0.3) is 5.91 Å². The van der Waals surface area contributed by atoms with E-state index in [4.69, 9.17) is 21.1 Å². The zero-order valence-electron chi connectivity index (χ0n) is 29.2. The molecule has 4 rings (SSSR count). The summed E-state index contributed by atoms with van der Waals surface area (Å²) in [5, 5.41) is 11.7. The lowest BCUT2D eigenvalue weighted by Crippen LogP contribution is -2.62. The van der Waals surface area contributed by atoms with Crippen LogP contribution in [0.5, 0.6) is 0 Å². The summed E-state index contributed by atoms with van der Waals surface area (Å²) in [4.78, 5) is 68.2. The lowest BCUT2D eigenvalue weighted by molar-refractivity contribution is -0.142. The van der Waals surface area contributed by atoms with Crippen molar-refractivity contribution in [1.29, 1.82) is 0 Å². The summed E-state index contributed by atoms with van der Waals surface area (Å²) >= 11 is 6.55. The van der Waals surface area contributed by atoms with Gasteiger partial charge in [-0.15, -0.1) is 0 Å². The first-order chi connectivity index (χ1) is 23.0. The molecule has 2 unspecified atom stereocenters. The van der Waals surface area contributed by atoms with Crippen LogP contribution < -0.4 is 10.6 Å². The predicted octanol–water partition coefficient (Wildman–Crippen LogP) is 4.53. The van der Waals surface area contributed by atoms with Gasteiger partial charge in [-0.2, -0.15) is 5.10 Å². The van der Waals surface area contributed by atoms with Crippen LogP contribution in [0.1, 0.15) is 75.9 Å². The summed E-state index contributed by atoms with van der Waals surface area (Å²) < 4.78 is 10.4. The molecule has 0 aliphatic carbocycles. The van der Waals surface area contributed by atoms with Gasteiger partial charge in [0.1, 0.15) is 22.6 Å². The van der Waals surface area contributed by atoms with Crippen molar-refractivity contribution in [3.05, 3.63) is 70.2 Å². The molecule has 2 atom stereocenters. The average Bonchev–Trinajstić information content (AvgIpc) is 3.26. The number of nitrogens with one attached hydrogen (secondary N) is 2. The van der Waals surface area contributed by atoms with E-state index in [2.05, 4.69) is 15.7 Å². The van der Waals surface area contributed by atoms with Gasteiger partial charge in [0.05, 0.1) is 17.9 Å². The molecule has 2 heterocycles. The molecule has 2 aromatic rings. The monoisotopic (exact) mass is 695 g/mol. The van der Waals surface area contributed by atoms with Crippen molar-refractivity contribution >= 4 is 47.1 Å². The molecule has 2 aliphatic heterocycles. The molecule has 0 aromatic heterocycles. The number of likely N-dealkylation sites (tertiary alicyclic amines) is 1. The number of halogens is 1. The SMILES string of the molecule is CCOC(=O)c1ccc(CCC(NC(=O)C(C)(C)NC(=O)OC(C)(C)C)C(=O)N2CCC3=NN(C)C(=O)C3(Cc3ccccc3)C2)c(Cl)c1. The summed E-state index contributed by atoms with van der Waals surface area (Å²) in [6.07, 6.45) is 0.394. The maximum Gasteiger partial charge on any atom is 0.408 e. The number of carbonyl (C=O) groups is 5. The highest BCUT2D eigenvalue weighted by atomic mass is 35.5. The lowest BCUT2D eigenvalue weighted by atomic mass is 9.73. The zero-order valence-corrected chi connectivity index (χ0v) is 30.0. The van der Waals surface area contributed by atoms with Crippen LogP contribution in [0.25, 0.3) is 0 Å². The minimum atomic E-state index is -1.44. The number of ether oxygens (including phenoxy) is 2. The number of aryl methyl sites for hydroxylation is 1. The zero-order chi connectivity index (χ0) is 36.1. The highest BCUT2D eigenvalue weighted by Gasteiger charge is 2.54. The highest BCUT2D eigenvalue weighted by Crippen LogP contribution is 2.38. The summed E-state index contributed by atoms with van der Waals surface area (Å²) in [5.41, 5.74) is -0.641. The van der Waals surface area contributed by atoms with E-state index in [9.17, 15) is 24.0 Å². The van der Waals surface area contributed by atoms with Crippen molar-refractivity contribution < 1.29 is 33.4 Å². The third-order valence-electron chi connectivity index (χ3n) is 8.52. The number of fused-ring (bicyclic) bond motifs is 1. The van der Waals surface area contributed by atoms with E-state index in [1.54, 1.807) is 51.8 Å². The molecule has 0 bridgehead atoms. The van der Waals surface area contributed by atoms with Gasteiger partial charge >= 0.3 is 12.1 Å². The number of rotatable bonds is 11. The van der Waals surface area contributed by atoms with E-state index in [-0.39, 0.29) is 37.8 Å². The Bertz CT molecular complexity index is 1620. The maximum absolute atomic E-state index is 14.4. The molecule has 49 heavy (non-hydrogen) atoms. The van der Waals surface area contributed by atoms with Crippen molar-refractivity contribution in [3.8, 4) is 0 Å². The second kappa shape index (κ2) is 15.0. The number of benzene rings is 2. The number of alkyl carbamates (subject to hydrolysis) is 1. The molecule has 1 saturated heterocycles. The van der Waals surface area contributed by atoms with E-state index in [0.717, 1.165) is 11.3 Å². The van der Waals surface area contributed by atoms with Gasteiger partial charge in [0.15, 0.2) is 0 Å². The third-order valence-corrected chi connectivity index (χ3v) is 8.87. The summed E-state index contributed by atoms with van der Waals surface area (Å²) in [7, 11) is 1.62. The fraction of sp³-hybridized carbons (Fsp3) is 0.500. The molecular weight excluding hydrogens is 650 g/mol. The van der Waals surface area contributed by atoms with Crippen LogP contribution in [0.3, 0.4) is 0 Å². The Morgan fingerprint density at radius 2 is 1.76 bits per heavy atom. The van der Waals surface area contributed by atoms with E-state index in [1.165, 1.54) is 24.9 Å². The molecular formula is C36H46ClN5O7. The van der Waals surface area contributed by atoms with Gasteiger partial charge in [-0.05, 0) is 84.1 Å². The first-order valence-electron chi connectivity index (χ1n) is 16.4. The lowest BCUT2D eigenvalue weighted by Gasteiger charge is -2.41. The Morgan fingerprint density at radius 3 is 2.39 bits per heavy atom. The van der Waals surface area contributed by atoms with E-state index < -0.39 is 40.6 Å². The fourth-order valence-electron chi connectivity index (χ4n) is 6.04. The van der Waals surface area contributed by atoms with Gasteiger partial charge in [-0.1, -0.05) is 48.0 Å². The Morgan fingerprint density at radius 1 is 1.06 bits per heavy atom. The molecule has 2 aromatic carbocycles. The summed E-state index contributed by atoms with van der Waals surface area (Å²) in [6.45, 7) is 10.5. The molecule has 4 amide bonds. The van der Waals surface area contributed by atoms with Crippen LogP contribution in [0, 0.1) is 5.41 Å². The molecule has 0 saturated carbocycles. The first-order valence-corrected chi connectivity index (χ1v) is 16.8. The van der Waals surface area contributed by atoms with Gasteiger partial charge in [-0.25, -0.2) is 14.6 Å². The molecule has 264 valence electrons. The number of amides is 4. The molecule has 2 aliphatic rings. The van der Waals surface area contributed by atoms with Gasteiger partial charge in [-0.3, -0.25) is 14.4 Å². The van der Waals surface area contributed by atoms with Crippen molar-refractivity contribution in [3.63, 3.8) is 0 Å². The normalized spacial score (nSPS) is 18.3. The minimum absolute atomic E-state index is 0.0870. The Balaban J connectivity index is 1.60. The van der Waals surface area contributed by atoms with Gasteiger partial charge in [0, 0.05) is 31.6 Å². The largest absolute Gasteiger partial charge is 0.462 e. The number of esters is 1. The predicted molar refractivity (Wildman–Crippen MR) is 185 cm³/mol. The third kappa shape index (κ3) is 8.97. The van der Waals surface area contributed by atoms with Crippen molar-refractivity contribution in [2.75, 3.05) is 26.7 Å². The van der Waals surface area contributed by atoms with Crippen LogP contribution in [0.15, 0.2) is 53.6 Å². The molecule has 0 spiro atoms. The average molecular weight is 696 g/mol. The van der Waals surface area contributed by atoms with E-state index in [0.29, 0.717) is 35.5 Å². The fourth-order valence-corrected chi connectivity index (χ4v) is 6.31. The molecule has 1 fully saturated rings. The Hall–Kier alpha value is -4.45. The molecule has 13 heteroatoms. The topological polar surface area (TPSA) is 147 Å². The summed E-state index contributed by atoms with van der Waals surface area (Å²) in [5.74, 6) is -1.67. The van der Waals surface area contributed by atoms with Crippen molar-refractivity contribution in [1.82, 2.24) is 20.5 Å². The first kappa shape index (κ1) is 37.4. The van der Waals surface area contributed by atoms with Crippen LogP contribution in [0.4, 0.5) is 4.79 Å². The quantitative estimate of drug-likeness (QED) is 0.329. The van der Waals surface area contributed by atoms with E-state index in [1.807, 2.05) is 30.3 Å². The highest BCUT2D eigenvalue weighted by molar-refractivity contribution is 6.31. The molecule has 0 radical (unpaired) electrons. The number of hydrogen-bond acceptors (Lipinski definition) is 8. The van der Waals surface area contributed by atoms with Gasteiger partial charge < -0.3 is 25.0 Å². The number of piperidine rings is 1. The minimum Gasteiger partial charge on any atom is -0.462 e. The van der Waals surface area contributed by atoms with E-state index >= 15 is 0 Å². The maximum atomic E-state index is 14.4.